The number of Topliss-reactive ketones (excluding diaryl/α,β-unsaturated/α-hetero) is 1. The Morgan fingerprint density at radius 3 is 2.41 bits per heavy atom. The number of hydrogen-bond donors (Lipinski definition) is 0. The minimum atomic E-state index is -0.929. The van der Waals surface area contributed by atoms with E-state index in [9.17, 15) is 14.4 Å². The van der Waals surface area contributed by atoms with Crippen LogP contribution in [-0.4, -0.2) is 37.4 Å². The molecule has 29 heavy (non-hydrogen) atoms. The molecule has 0 unspecified atom stereocenters. The average molecular weight is 395 g/mol. The maximum absolute atomic E-state index is 12.6. The Hall–Kier alpha value is -3.15. The molecule has 1 fully saturated rings. The molecule has 6 nitrogen and oxygen atoms in total. The number of esters is 1. The summed E-state index contributed by atoms with van der Waals surface area (Å²) in [7, 11) is 1.55. The van der Waals surface area contributed by atoms with Gasteiger partial charge in [-0.15, -0.1) is 0 Å². The normalized spacial score (nSPS) is 17.2. The zero-order chi connectivity index (χ0) is 21.1. The third-order valence-electron chi connectivity index (χ3n) is 5.14. The number of ether oxygens (including phenoxy) is 2. The third-order valence-corrected chi connectivity index (χ3v) is 5.14. The Morgan fingerprint density at radius 1 is 1.10 bits per heavy atom. The number of nitrogens with zero attached hydrogens (tertiary/aromatic N) is 1. The molecular formula is C23H25NO5. The Balaban J connectivity index is 1.64. The van der Waals surface area contributed by atoms with Crippen LogP contribution in [0.3, 0.4) is 0 Å². The number of carbonyl (C=O) groups is 3. The standard InChI is InChI=1S/C23H25NO5/c1-14-5-10-20(15(2)11-14)24-13-18(12-21(24)25)23(27)29-16(3)22(26)17-6-8-19(28-4)9-7-17/h5-11,16,18H,12-13H2,1-4H3/t16-,18+/m1/s1. The van der Waals surface area contributed by atoms with Gasteiger partial charge in [0.2, 0.25) is 11.7 Å². The molecule has 0 bridgehead atoms. The molecule has 1 heterocycles. The lowest BCUT2D eigenvalue weighted by atomic mass is 10.1. The van der Waals surface area contributed by atoms with Crippen LogP contribution < -0.4 is 9.64 Å². The van der Waals surface area contributed by atoms with Crippen molar-refractivity contribution in [1.82, 2.24) is 0 Å². The number of methoxy groups -OCH3 is 1. The second kappa shape index (κ2) is 8.47. The second-order valence-electron chi connectivity index (χ2n) is 7.37. The van der Waals surface area contributed by atoms with Crippen LogP contribution in [0.1, 0.15) is 34.8 Å². The van der Waals surface area contributed by atoms with Crippen LogP contribution in [0.5, 0.6) is 5.75 Å². The quantitative estimate of drug-likeness (QED) is 0.553. The van der Waals surface area contributed by atoms with Crippen molar-refractivity contribution in [3.63, 3.8) is 0 Å². The van der Waals surface area contributed by atoms with Gasteiger partial charge in [0.25, 0.3) is 0 Å². The number of rotatable bonds is 6. The predicted molar refractivity (Wildman–Crippen MR) is 109 cm³/mol. The SMILES string of the molecule is COc1ccc(C(=O)[C@@H](C)OC(=O)[C@H]2CC(=O)N(c3ccc(C)cc3C)C2)cc1. The van der Waals surface area contributed by atoms with Crippen molar-refractivity contribution in [2.24, 2.45) is 5.92 Å². The smallest absolute Gasteiger partial charge is 0.312 e. The van der Waals surface area contributed by atoms with Crippen LogP contribution >= 0.6 is 0 Å². The van der Waals surface area contributed by atoms with Gasteiger partial charge in [-0.05, 0) is 56.7 Å². The van der Waals surface area contributed by atoms with Gasteiger partial charge in [-0.2, -0.15) is 0 Å². The van der Waals surface area contributed by atoms with Crippen LogP contribution in [0.4, 0.5) is 5.69 Å². The highest BCUT2D eigenvalue weighted by molar-refractivity contribution is 6.02. The van der Waals surface area contributed by atoms with Gasteiger partial charge in [-0.25, -0.2) is 0 Å². The summed E-state index contributed by atoms with van der Waals surface area (Å²) < 4.78 is 10.5. The van der Waals surface area contributed by atoms with Gasteiger partial charge in [0, 0.05) is 24.2 Å². The summed E-state index contributed by atoms with van der Waals surface area (Å²) in [6, 6.07) is 12.5. The minimum absolute atomic E-state index is 0.0790. The first-order valence-electron chi connectivity index (χ1n) is 9.56. The number of ketones is 1. The molecule has 0 aliphatic carbocycles. The van der Waals surface area contributed by atoms with Gasteiger partial charge in [0.15, 0.2) is 6.10 Å². The minimum Gasteiger partial charge on any atom is -0.497 e. The van der Waals surface area contributed by atoms with Gasteiger partial charge in [-0.1, -0.05) is 17.7 Å². The zero-order valence-electron chi connectivity index (χ0n) is 17.1. The first-order chi connectivity index (χ1) is 13.8. The monoisotopic (exact) mass is 395 g/mol. The van der Waals surface area contributed by atoms with Gasteiger partial charge in [0.1, 0.15) is 5.75 Å². The molecule has 0 spiro atoms. The summed E-state index contributed by atoms with van der Waals surface area (Å²) in [5.41, 5.74) is 3.33. The van der Waals surface area contributed by atoms with Crippen molar-refractivity contribution < 1.29 is 23.9 Å². The zero-order valence-corrected chi connectivity index (χ0v) is 17.1. The molecule has 0 N–H and O–H groups in total. The molecule has 1 saturated heterocycles. The van der Waals surface area contributed by atoms with E-state index in [-0.39, 0.29) is 24.7 Å². The number of carbonyl (C=O) groups excluding carboxylic acids is 3. The molecule has 1 aliphatic rings. The van der Waals surface area contributed by atoms with Gasteiger partial charge < -0.3 is 14.4 Å². The van der Waals surface area contributed by atoms with E-state index in [0.29, 0.717) is 11.3 Å². The van der Waals surface area contributed by atoms with E-state index in [1.807, 2.05) is 32.0 Å². The molecule has 6 heteroatoms. The van der Waals surface area contributed by atoms with E-state index in [1.165, 1.54) is 0 Å². The van der Waals surface area contributed by atoms with Crippen molar-refractivity contribution >= 4 is 23.3 Å². The summed E-state index contributed by atoms with van der Waals surface area (Å²) in [5, 5.41) is 0. The van der Waals surface area contributed by atoms with E-state index < -0.39 is 18.0 Å². The van der Waals surface area contributed by atoms with E-state index in [1.54, 1.807) is 43.2 Å². The van der Waals surface area contributed by atoms with Crippen molar-refractivity contribution in [1.29, 1.82) is 0 Å². The highest BCUT2D eigenvalue weighted by Gasteiger charge is 2.37. The topological polar surface area (TPSA) is 72.9 Å². The Kier molecular flexibility index (Phi) is 6.01. The predicted octanol–water partition coefficient (Wildman–Crippen LogP) is 3.48. The average Bonchev–Trinajstić information content (AvgIpc) is 3.09. The lowest BCUT2D eigenvalue weighted by Crippen LogP contribution is -2.30. The molecule has 0 aromatic heterocycles. The van der Waals surface area contributed by atoms with E-state index >= 15 is 0 Å². The van der Waals surface area contributed by atoms with Crippen LogP contribution in [0.25, 0.3) is 0 Å². The van der Waals surface area contributed by atoms with Crippen LogP contribution in [0.15, 0.2) is 42.5 Å². The largest absolute Gasteiger partial charge is 0.497 e. The van der Waals surface area contributed by atoms with Crippen molar-refractivity contribution in [3.05, 3.63) is 59.2 Å². The van der Waals surface area contributed by atoms with Crippen molar-refractivity contribution in [2.45, 2.75) is 33.3 Å². The summed E-state index contributed by atoms with van der Waals surface area (Å²) in [5.74, 6) is -0.888. The number of hydrogen-bond acceptors (Lipinski definition) is 5. The first-order valence-corrected chi connectivity index (χ1v) is 9.56. The molecule has 2 aromatic rings. The molecule has 1 amide bonds. The van der Waals surface area contributed by atoms with E-state index in [2.05, 4.69) is 0 Å². The fourth-order valence-electron chi connectivity index (χ4n) is 3.52. The maximum atomic E-state index is 12.6. The molecule has 2 aromatic carbocycles. The molecule has 0 saturated carbocycles. The summed E-state index contributed by atoms with van der Waals surface area (Å²) in [6.07, 6.45) is -0.851. The Morgan fingerprint density at radius 2 is 1.79 bits per heavy atom. The second-order valence-corrected chi connectivity index (χ2v) is 7.37. The van der Waals surface area contributed by atoms with E-state index in [4.69, 9.17) is 9.47 Å². The lowest BCUT2D eigenvalue weighted by molar-refractivity contribution is -0.151. The van der Waals surface area contributed by atoms with Gasteiger partial charge in [0.05, 0.1) is 13.0 Å². The number of aryl methyl sites for hydroxylation is 2. The molecule has 0 radical (unpaired) electrons. The number of benzene rings is 2. The molecule has 3 rings (SSSR count). The number of anilines is 1. The summed E-state index contributed by atoms with van der Waals surface area (Å²) in [4.78, 5) is 39.2. The van der Waals surface area contributed by atoms with Crippen molar-refractivity contribution in [2.75, 3.05) is 18.6 Å². The van der Waals surface area contributed by atoms with Crippen molar-refractivity contribution in [3.8, 4) is 5.75 Å². The Labute approximate surface area is 170 Å². The van der Waals surface area contributed by atoms with Crippen LogP contribution in [-0.2, 0) is 14.3 Å². The number of amides is 1. The van der Waals surface area contributed by atoms with Crippen LogP contribution in [0.2, 0.25) is 0 Å². The lowest BCUT2D eigenvalue weighted by Gasteiger charge is -2.20. The van der Waals surface area contributed by atoms with E-state index in [0.717, 1.165) is 16.8 Å². The highest BCUT2D eigenvalue weighted by Crippen LogP contribution is 2.29. The van der Waals surface area contributed by atoms with Gasteiger partial charge in [-0.3, -0.25) is 14.4 Å². The highest BCUT2D eigenvalue weighted by atomic mass is 16.5. The Bertz CT molecular complexity index is 935. The van der Waals surface area contributed by atoms with Crippen LogP contribution in [0, 0.1) is 19.8 Å². The fraction of sp³-hybridized carbons (Fsp3) is 0.348. The molecule has 1 aliphatic heterocycles. The molecular weight excluding hydrogens is 370 g/mol. The first kappa shape index (κ1) is 20.6. The summed E-state index contributed by atoms with van der Waals surface area (Å²) >= 11 is 0. The molecule has 152 valence electrons. The maximum Gasteiger partial charge on any atom is 0.312 e. The third kappa shape index (κ3) is 4.47. The van der Waals surface area contributed by atoms with Gasteiger partial charge >= 0.3 is 5.97 Å². The summed E-state index contributed by atoms with van der Waals surface area (Å²) in [6.45, 7) is 5.73. The fourth-order valence-corrected chi connectivity index (χ4v) is 3.52. The molecule has 2 atom stereocenters.